The van der Waals surface area contributed by atoms with Crippen molar-refractivity contribution in [2.24, 2.45) is 8.80 Å². The molecular formula is C26H12N8S4. The molecule has 0 amide bonds. The van der Waals surface area contributed by atoms with Gasteiger partial charge in [-0.1, -0.05) is 0 Å². The van der Waals surface area contributed by atoms with E-state index in [1.165, 1.54) is 22.7 Å². The fraction of sp³-hybridized carbons (Fsp3) is 0. The van der Waals surface area contributed by atoms with Gasteiger partial charge < -0.3 is 0 Å². The molecule has 4 rings (SSSR count). The van der Waals surface area contributed by atoms with Crippen LogP contribution in [0, 0.1) is 66.6 Å². The Morgan fingerprint density at radius 3 is 1.37 bits per heavy atom. The first-order valence-electron chi connectivity index (χ1n) is 10.4. The SMILES string of the molecule is N#CC(C#N)=c1cc/c(=C\c2cc3c(=N/S)/c(=N)c(/C=c4\ccc(=C(C#N)C#N)s4)cc=3/c(=N/S)c2=N)s1. The molecule has 0 saturated heterocycles. The molecule has 2 aromatic rings. The molecule has 2 heterocycles. The summed E-state index contributed by atoms with van der Waals surface area (Å²) in [6.45, 7) is 0. The van der Waals surface area contributed by atoms with Gasteiger partial charge in [0, 0.05) is 30.6 Å². The number of nitrogens with one attached hydrogen (secondary N) is 2. The normalized spacial score (nSPS) is 12.7. The molecule has 8 nitrogen and oxygen atoms in total. The molecule has 2 aliphatic carbocycles. The third-order valence-corrected chi connectivity index (χ3v) is 7.94. The Morgan fingerprint density at radius 1 is 0.684 bits per heavy atom. The molecule has 0 saturated carbocycles. The van der Waals surface area contributed by atoms with Gasteiger partial charge in [-0.2, -0.15) is 21.0 Å². The molecule has 0 atom stereocenters. The molecule has 2 aliphatic rings. The lowest BCUT2D eigenvalue weighted by Crippen LogP contribution is -2.35. The number of hydrogen-bond donors (Lipinski definition) is 4. The molecule has 0 aromatic carbocycles. The molecule has 0 unspecified atom stereocenters. The minimum atomic E-state index is 0.0105. The largest absolute Gasteiger partial charge is 0.298 e. The second-order valence-corrected chi connectivity index (χ2v) is 10.2. The molecular weight excluding hydrogens is 553 g/mol. The van der Waals surface area contributed by atoms with Gasteiger partial charge in [0.05, 0.1) is 19.8 Å². The average molecular weight is 565 g/mol. The zero-order chi connectivity index (χ0) is 27.4. The zero-order valence-electron chi connectivity index (χ0n) is 19.0. The highest BCUT2D eigenvalue weighted by atomic mass is 32.1. The monoisotopic (exact) mass is 564 g/mol. The minimum absolute atomic E-state index is 0.0105. The fourth-order valence-electron chi connectivity index (χ4n) is 3.69. The fourth-order valence-corrected chi connectivity index (χ4v) is 5.91. The summed E-state index contributed by atoms with van der Waals surface area (Å²) in [6, 6.07) is 17.8. The molecule has 0 spiro atoms. The molecule has 0 radical (unpaired) electrons. The molecule has 2 N–H and O–H groups in total. The van der Waals surface area contributed by atoms with Gasteiger partial charge in [-0.25, -0.2) is 8.80 Å². The minimum Gasteiger partial charge on any atom is -0.298 e. The highest BCUT2D eigenvalue weighted by Gasteiger charge is 2.08. The summed E-state index contributed by atoms with van der Waals surface area (Å²) in [5.41, 5.74) is 0.998. The van der Waals surface area contributed by atoms with Gasteiger partial charge in [0.1, 0.15) is 46.1 Å². The van der Waals surface area contributed by atoms with Crippen molar-refractivity contribution in [1.29, 1.82) is 31.9 Å². The predicted molar refractivity (Wildman–Crippen MR) is 148 cm³/mol. The van der Waals surface area contributed by atoms with Gasteiger partial charge in [0.15, 0.2) is 0 Å². The predicted octanol–water partition coefficient (Wildman–Crippen LogP) is -0.0868. The van der Waals surface area contributed by atoms with Crippen LogP contribution in [0.3, 0.4) is 0 Å². The van der Waals surface area contributed by atoms with Gasteiger partial charge >= 0.3 is 0 Å². The second-order valence-electron chi connectivity index (χ2n) is 7.56. The third-order valence-electron chi connectivity index (χ3n) is 5.44. The van der Waals surface area contributed by atoms with Crippen molar-refractivity contribution in [3.8, 4) is 24.3 Å². The maximum Gasteiger partial charge on any atom is 0.146 e. The van der Waals surface area contributed by atoms with Crippen LogP contribution in [0.1, 0.15) is 11.1 Å². The van der Waals surface area contributed by atoms with Crippen LogP contribution >= 0.6 is 48.3 Å². The Bertz CT molecular complexity index is 2160. The Kier molecular flexibility index (Phi) is 7.83. The third kappa shape index (κ3) is 4.86. The zero-order valence-corrected chi connectivity index (χ0v) is 22.4. The maximum atomic E-state index is 9.13. The molecule has 12 heteroatoms. The topological polar surface area (TPSA) is 168 Å². The first-order chi connectivity index (χ1) is 18.4. The van der Waals surface area contributed by atoms with Crippen LogP contribution in [-0.4, -0.2) is 0 Å². The van der Waals surface area contributed by atoms with E-state index in [0.29, 0.717) is 30.6 Å². The van der Waals surface area contributed by atoms with Gasteiger partial charge in [0.2, 0.25) is 0 Å². The maximum absolute atomic E-state index is 9.13. The van der Waals surface area contributed by atoms with Crippen molar-refractivity contribution < 1.29 is 0 Å². The Labute approximate surface area is 233 Å². The summed E-state index contributed by atoms with van der Waals surface area (Å²) in [5.74, 6) is 0. The molecule has 180 valence electrons. The Morgan fingerprint density at radius 2 is 1.05 bits per heavy atom. The summed E-state index contributed by atoms with van der Waals surface area (Å²) in [6.07, 6.45) is 3.48. The van der Waals surface area contributed by atoms with E-state index in [2.05, 4.69) is 34.4 Å². The average Bonchev–Trinajstić information content (AvgIpc) is 3.57. The number of rotatable bonds is 2. The Hall–Kier alpha value is -4.56. The number of nitrogens with zero attached hydrogens (tertiary/aromatic N) is 6. The van der Waals surface area contributed by atoms with Crippen molar-refractivity contribution in [3.05, 3.63) is 97.5 Å². The second kappa shape index (κ2) is 11.2. The van der Waals surface area contributed by atoms with Crippen molar-refractivity contribution in [1.82, 2.24) is 0 Å². The van der Waals surface area contributed by atoms with Crippen LogP contribution in [0.5, 0.6) is 0 Å². The van der Waals surface area contributed by atoms with E-state index in [-0.39, 0.29) is 32.6 Å². The van der Waals surface area contributed by atoms with E-state index in [1.807, 2.05) is 24.3 Å². The summed E-state index contributed by atoms with van der Waals surface area (Å²) in [5, 5.41) is 55.9. The highest BCUT2D eigenvalue weighted by molar-refractivity contribution is 7.78. The van der Waals surface area contributed by atoms with E-state index in [4.69, 9.17) is 31.9 Å². The van der Waals surface area contributed by atoms with Gasteiger partial charge in [-0.05, 0) is 74.2 Å². The standard InChI is InChI=1S/C26H12N8S4/c27-9-15(10-28)21-3-1-17(37-21)5-13-7-19-20(25(33-35)23(13)31)8-14(24(32)26(19)34-36)6-18-2-4-22(38-18)16(11-29)12-30/h1-8,31-32,35-36H/b17-5+,18-6+,31-23?,32-24?,33-25-,34-26-. The number of thiol groups is 2. The van der Waals surface area contributed by atoms with E-state index >= 15 is 0 Å². The first-order valence-corrected chi connectivity index (χ1v) is 12.9. The van der Waals surface area contributed by atoms with Gasteiger partial charge in [-0.15, -0.1) is 22.7 Å². The van der Waals surface area contributed by atoms with E-state index in [0.717, 1.165) is 9.06 Å². The summed E-state index contributed by atoms with van der Waals surface area (Å²) in [4.78, 5) is 0. The van der Waals surface area contributed by atoms with E-state index < -0.39 is 0 Å². The van der Waals surface area contributed by atoms with Crippen LogP contribution < -0.4 is 39.6 Å². The van der Waals surface area contributed by atoms with Crippen LogP contribution in [0.15, 0.2) is 45.2 Å². The van der Waals surface area contributed by atoms with Crippen LogP contribution in [0.4, 0.5) is 0 Å². The summed E-state index contributed by atoms with van der Waals surface area (Å²) in [7, 11) is 0. The van der Waals surface area contributed by atoms with Crippen LogP contribution in [0.2, 0.25) is 0 Å². The van der Waals surface area contributed by atoms with Crippen LogP contribution in [-0.2, 0) is 0 Å². The van der Waals surface area contributed by atoms with Crippen molar-refractivity contribution in [2.45, 2.75) is 0 Å². The van der Waals surface area contributed by atoms with E-state index in [1.54, 1.807) is 48.6 Å². The molecule has 38 heavy (non-hydrogen) atoms. The number of thiophene rings is 2. The van der Waals surface area contributed by atoms with Crippen molar-refractivity contribution in [2.75, 3.05) is 0 Å². The molecule has 0 fully saturated rings. The quantitative estimate of drug-likeness (QED) is 0.250. The lowest BCUT2D eigenvalue weighted by molar-refractivity contribution is 1.11. The van der Waals surface area contributed by atoms with Crippen molar-refractivity contribution in [3.63, 3.8) is 0 Å². The van der Waals surface area contributed by atoms with Gasteiger partial charge in [0.25, 0.3) is 0 Å². The Balaban J connectivity index is 2.08. The molecule has 0 aliphatic heterocycles. The number of nitriles is 4. The highest BCUT2D eigenvalue weighted by Crippen LogP contribution is 2.00. The smallest absolute Gasteiger partial charge is 0.146 e. The van der Waals surface area contributed by atoms with Crippen LogP contribution in [0.25, 0.3) is 23.3 Å². The summed E-state index contributed by atoms with van der Waals surface area (Å²) < 4.78 is 10.6. The lowest BCUT2D eigenvalue weighted by Gasteiger charge is -2.02. The van der Waals surface area contributed by atoms with E-state index in [9.17, 15) is 0 Å². The van der Waals surface area contributed by atoms with Crippen molar-refractivity contribution >= 4 is 71.6 Å². The van der Waals surface area contributed by atoms with Gasteiger partial charge in [-0.3, -0.25) is 10.8 Å². The molecule has 0 bridgehead atoms. The summed E-state index contributed by atoms with van der Waals surface area (Å²) >= 11 is 10.7. The lowest BCUT2D eigenvalue weighted by atomic mass is 10.0. The number of hydrogen-bond acceptors (Lipinski definition) is 12. The first kappa shape index (κ1) is 26.5. The molecule has 2 aromatic heterocycles.